The molecule has 0 amide bonds. The normalized spacial score (nSPS) is 26.4. The van der Waals surface area contributed by atoms with E-state index in [4.69, 9.17) is 9.26 Å². The van der Waals surface area contributed by atoms with Crippen molar-refractivity contribution in [3.05, 3.63) is 11.7 Å². The summed E-state index contributed by atoms with van der Waals surface area (Å²) in [6.07, 6.45) is 2.11. The molecule has 1 saturated heterocycles. The zero-order valence-electron chi connectivity index (χ0n) is 12.6. The lowest BCUT2D eigenvalue weighted by Gasteiger charge is -2.26. The molecule has 1 aromatic rings. The van der Waals surface area contributed by atoms with Crippen molar-refractivity contribution in [3.8, 4) is 0 Å². The molecule has 1 fully saturated rings. The van der Waals surface area contributed by atoms with Gasteiger partial charge in [-0.3, -0.25) is 0 Å². The third-order valence-corrected chi connectivity index (χ3v) is 3.68. The summed E-state index contributed by atoms with van der Waals surface area (Å²) in [5, 5.41) is 7.54. The maximum atomic E-state index is 5.52. The highest BCUT2D eigenvalue weighted by Gasteiger charge is 2.32. The minimum absolute atomic E-state index is 0.0524. The second-order valence-corrected chi connectivity index (χ2v) is 6.61. The summed E-state index contributed by atoms with van der Waals surface area (Å²) < 4.78 is 10.9. The van der Waals surface area contributed by atoms with E-state index >= 15 is 0 Å². The molecule has 0 bridgehead atoms. The van der Waals surface area contributed by atoms with Crippen molar-refractivity contribution in [3.63, 3.8) is 0 Å². The Balaban J connectivity index is 2.14. The molecule has 1 aromatic heterocycles. The Morgan fingerprint density at radius 1 is 1.42 bits per heavy atom. The van der Waals surface area contributed by atoms with Gasteiger partial charge in [-0.2, -0.15) is 4.98 Å². The topological polar surface area (TPSA) is 60.2 Å². The Hall–Kier alpha value is -0.940. The van der Waals surface area contributed by atoms with Crippen LogP contribution in [-0.4, -0.2) is 23.8 Å². The lowest BCUT2D eigenvalue weighted by atomic mass is 9.88. The molecule has 5 nitrogen and oxygen atoms in total. The molecule has 1 N–H and O–H groups in total. The second-order valence-electron chi connectivity index (χ2n) is 6.61. The van der Waals surface area contributed by atoms with Crippen molar-refractivity contribution in [2.75, 3.05) is 13.7 Å². The summed E-state index contributed by atoms with van der Waals surface area (Å²) >= 11 is 0. The summed E-state index contributed by atoms with van der Waals surface area (Å²) in [6.45, 7) is 9.60. The Bertz CT molecular complexity index is 411. The van der Waals surface area contributed by atoms with Gasteiger partial charge in [0.05, 0.1) is 6.04 Å². The average molecular weight is 267 g/mol. The zero-order valence-corrected chi connectivity index (χ0v) is 12.6. The molecule has 19 heavy (non-hydrogen) atoms. The van der Waals surface area contributed by atoms with Gasteiger partial charge in [0.1, 0.15) is 6.10 Å². The van der Waals surface area contributed by atoms with Crippen molar-refractivity contribution in [1.29, 1.82) is 0 Å². The fourth-order valence-corrected chi connectivity index (χ4v) is 2.64. The molecule has 0 radical (unpaired) electrons. The summed E-state index contributed by atoms with van der Waals surface area (Å²) in [7, 11) is 1.69. The maximum absolute atomic E-state index is 5.52. The van der Waals surface area contributed by atoms with Gasteiger partial charge in [-0.05, 0) is 30.7 Å². The number of rotatable bonds is 3. The molecule has 5 heteroatoms. The molecule has 2 rings (SSSR count). The van der Waals surface area contributed by atoms with Crippen LogP contribution in [0.5, 0.6) is 0 Å². The first-order valence-electron chi connectivity index (χ1n) is 7.01. The first kappa shape index (κ1) is 14.5. The quantitative estimate of drug-likeness (QED) is 0.912. The van der Waals surface area contributed by atoms with Crippen LogP contribution in [0.3, 0.4) is 0 Å². The molecule has 108 valence electrons. The van der Waals surface area contributed by atoms with E-state index in [0.29, 0.717) is 17.6 Å². The van der Waals surface area contributed by atoms with Gasteiger partial charge in [0.15, 0.2) is 0 Å². The molecule has 1 aliphatic heterocycles. The van der Waals surface area contributed by atoms with Crippen LogP contribution in [-0.2, 0) is 4.74 Å². The standard InChI is InChI=1S/C14H25N3O2/c1-9-6-7-15-10(8-9)13-16-12(17-19-13)11(18-5)14(2,3)4/h9-11,15H,6-8H2,1-5H3. The minimum Gasteiger partial charge on any atom is -0.373 e. The third kappa shape index (κ3) is 3.34. The summed E-state index contributed by atoms with van der Waals surface area (Å²) in [6, 6.07) is 0.183. The van der Waals surface area contributed by atoms with Crippen molar-refractivity contribution < 1.29 is 9.26 Å². The lowest BCUT2D eigenvalue weighted by molar-refractivity contribution is 0.00718. The highest BCUT2D eigenvalue weighted by Crippen LogP contribution is 2.35. The van der Waals surface area contributed by atoms with Crippen LogP contribution >= 0.6 is 0 Å². The van der Waals surface area contributed by atoms with Crippen molar-refractivity contribution >= 4 is 0 Å². The Labute approximate surface area is 115 Å². The van der Waals surface area contributed by atoms with Gasteiger partial charge in [-0.15, -0.1) is 0 Å². The van der Waals surface area contributed by atoms with Crippen molar-refractivity contribution in [1.82, 2.24) is 15.5 Å². The van der Waals surface area contributed by atoms with E-state index in [1.165, 1.54) is 6.42 Å². The van der Waals surface area contributed by atoms with Gasteiger partial charge in [0, 0.05) is 7.11 Å². The summed E-state index contributed by atoms with van der Waals surface area (Å²) in [5.74, 6) is 2.03. The number of methoxy groups -OCH3 is 1. The average Bonchev–Trinajstić information content (AvgIpc) is 2.77. The second kappa shape index (κ2) is 5.59. The van der Waals surface area contributed by atoms with Crippen LogP contribution in [0, 0.1) is 11.3 Å². The zero-order chi connectivity index (χ0) is 14.0. The first-order chi connectivity index (χ1) is 8.91. The molecule has 0 aromatic carbocycles. The van der Waals surface area contributed by atoms with E-state index in [2.05, 4.69) is 43.2 Å². The van der Waals surface area contributed by atoms with Crippen molar-refractivity contribution in [2.24, 2.45) is 11.3 Å². The molecular formula is C14H25N3O2. The van der Waals surface area contributed by atoms with Gasteiger partial charge in [-0.25, -0.2) is 0 Å². The number of aromatic nitrogens is 2. The highest BCUT2D eigenvalue weighted by molar-refractivity contribution is 5.00. The lowest BCUT2D eigenvalue weighted by Crippen LogP contribution is -2.31. The Kier molecular flexibility index (Phi) is 4.26. The Morgan fingerprint density at radius 2 is 2.16 bits per heavy atom. The van der Waals surface area contributed by atoms with E-state index in [1.807, 2.05) is 0 Å². The number of ether oxygens (including phenoxy) is 1. The number of piperidine rings is 1. The van der Waals surface area contributed by atoms with Crippen LogP contribution < -0.4 is 5.32 Å². The summed E-state index contributed by atoms with van der Waals surface area (Å²) in [4.78, 5) is 4.54. The monoisotopic (exact) mass is 267 g/mol. The molecular weight excluding hydrogens is 242 g/mol. The van der Waals surface area contributed by atoms with E-state index in [0.717, 1.165) is 13.0 Å². The number of hydrogen-bond acceptors (Lipinski definition) is 5. The van der Waals surface area contributed by atoms with Crippen LogP contribution in [0.2, 0.25) is 0 Å². The fourth-order valence-electron chi connectivity index (χ4n) is 2.64. The van der Waals surface area contributed by atoms with Crippen LogP contribution in [0.15, 0.2) is 4.52 Å². The van der Waals surface area contributed by atoms with Gasteiger partial charge in [0.2, 0.25) is 11.7 Å². The largest absolute Gasteiger partial charge is 0.373 e. The highest BCUT2D eigenvalue weighted by atomic mass is 16.5. The van der Waals surface area contributed by atoms with Crippen LogP contribution in [0.25, 0.3) is 0 Å². The van der Waals surface area contributed by atoms with E-state index in [9.17, 15) is 0 Å². The smallest absolute Gasteiger partial charge is 0.243 e. The number of nitrogens with one attached hydrogen (secondary N) is 1. The van der Waals surface area contributed by atoms with Crippen LogP contribution in [0.4, 0.5) is 0 Å². The van der Waals surface area contributed by atoms with Gasteiger partial charge in [-0.1, -0.05) is 32.9 Å². The van der Waals surface area contributed by atoms with Crippen molar-refractivity contribution in [2.45, 2.75) is 52.7 Å². The number of nitrogens with zero attached hydrogens (tertiary/aromatic N) is 2. The molecule has 2 heterocycles. The van der Waals surface area contributed by atoms with E-state index in [1.54, 1.807) is 7.11 Å². The van der Waals surface area contributed by atoms with Crippen LogP contribution in [0.1, 0.15) is 64.4 Å². The first-order valence-corrected chi connectivity index (χ1v) is 7.01. The SMILES string of the molecule is COC(c1noc(C2CC(C)CCN2)n1)C(C)(C)C. The number of hydrogen-bond donors (Lipinski definition) is 1. The Morgan fingerprint density at radius 3 is 2.74 bits per heavy atom. The van der Waals surface area contributed by atoms with Gasteiger partial charge >= 0.3 is 0 Å². The molecule has 3 atom stereocenters. The third-order valence-electron chi connectivity index (χ3n) is 3.68. The van der Waals surface area contributed by atoms with E-state index in [-0.39, 0.29) is 17.6 Å². The van der Waals surface area contributed by atoms with Gasteiger partial charge in [0.25, 0.3) is 0 Å². The van der Waals surface area contributed by atoms with Gasteiger partial charge < -0.3 is 14.6 Å². The fraction of sp³-hybridized carbons (Fsp3) is 0.857. The molecule has 0 spiro atoms. The summed E-state index contributed by atoms with van der Waals surface area (Å²) in [5.41, 5.74) is -0.0524. The maximum Gasteiger partial charge on any atom is 0.243 e. The molecule has 3 unspecified atom stereocenters. The molecule has 0 saturated carbocycles. The minimum atomic E-state index is -0.147. The molecule has 0 aliphatic carbocycles. The predicted molar refractivity (Wildman–Crippen MR) is 72.6 cm³/mol. The molecule has 1 aliphatic rings. The van der Waals surface area contributed by atoms with E-state index < -0.39 is 0 Å². The predicted octanol–water partition coefficient (Wildman–Crippen LogP) is 2.86.